The molecule has 1 aromatic carbocycles. The van der Waals surface area contributed by atoms with Crippen LogP contribution in [0.1, 0.15) is 5.56 Å². The topological polar surface area (TPSA) is 109 Å². The first-order valence-electron chi connectivity index (χ1n) is 8.72. The van der Waals surface area contributed by atoms with Crippen molar-refractivity contribution in [2.75, 3.05) is 11.8 Å². The minimum atomic E-state index is -4.40. The molecule has 0 saturated carbocycles. The number of pyridine rings is 2. The first kappa shape index (κ1) is 23.6. The first-order chi connectivity index (χ1) is 14.8. The second kappa shape index (κ2) is 9.22. The van der Waals surface area contributed by atoms with Crippen molar-refractivity contribution in [3.63, 3.8) is 0 Å². The van der Waals surface area contributed by atoms with E-state index in [2.05, 4.69) is 14.8 Å². The maximum atomic E-state index is 14.0. The third-order valence-electron chi connectivity index (χ3n) is 4.45. The summed E-state index contributed by atoms with van der Waals surface area (Å²) in [6, 6.07) is 9.07. The van der Waals surface area contributed by atoms with Crippen LogP contribution in [0.2, 0.25) is 0 Å². The fraction of sp³-hybridized carbons (Fsp3) is 0.0500. The van der Waals surface area contributed by atoms with Gasteiger partial charge in [0, 0.05) is 53.6 Å². The number of nitrogens with one attached hydrogen (secondary N) is 1. The number of ether oxygens (including phenoxy) is 1. The van der Waals surface area contributed by atoms with Gasteiger partial charge in [-0.25, -0.2) is 26.7 Å². The van der Waals surface area contributed by atoms with E-state index in [1.165, 1.54) is 30.1 Å². The Kier molecular flexibility index (Phi) is 6.80. The Hall–Kier alpha value is -3.04. The van der Waals surface area contributed by atoms with Gasteiger partial charge in [-0.05, 0) is 35.9 Å². The quantitative estimate of drug-likeness (QED) is 0.455. The molecular formula is C20H13F2N5NaO3S. The maximum Gasteiger partial charge on any atom is 0.264 e. The number of fused-ring (bicyclic) bond motifs is 1. The van der Waals surface area contributed by atoms with Gasteiger partial charge in [-0.2, -0.15) is 10.4 Å². The molecule has 8 nitrogen and oxygen atoms in total. The molecule has 0 unspecified atom stereocenters. The van der Waals surface area contributed by atoms with Gasteiger partial charge in [-0.1, -0.05) is 0 Å². The van der Waals surface area contributed by atoms with Crippen molar-refractivity contribution < 1.29 is 21.9 Å². The molecule has 4 aromatic rings. The summed E-state index contributed by atoms with van der Waals surface area (Å²) in [6.07, 6.45) is 4.54. The predicted molar refractivity (Wildman–Crippen MR) is 113 cm³/mol. The summed E-state index contributed by atoms with van der Waals surface area (Å²) in [4.78, 5) is 3.39. The summed E-state index contributed by atoms with van der Waals surface area (Å²) in [5.41, 5.74) is 2.03. The van der Waals surface area contributed by atoms with Gasteiger partial charge < -0.3 is 4.74 Å². The second-order valence-corrected chi connectivity index (χ2v) is 8.03. The molecule has 0 aliphatic carbocycles. The van der Waals surface area contributed by atoms with Crippen molar-refractivity contribution in [2.24, 2.45) is 0 Å². The Morgan fingerprint density at radius 2 is 1.91 bits per heavy atom. The molecule has 0 fully saturated rings. The molecule has 0 amide bonds. The Morgan fingerprint density at radius 3 is 2.59 bits per heavy atom. The molecule has 157 valence electrons. The van der Waals surface area contributed by atoms with Gasteiger partial charge in [-0.15, -0.1) is 0 Å². The number of anilines is 1. The molecule has 0 bridgehead atoms. The number of halogens is 2. The molecule has 0 aliphatic rings. The Bertz CT molecular complexity index is 1470. The minimum absolute atomic E-state index is 0. The van der Waals surface area contributed by atoms with Crippen molar-refractivity contribution in [1.82, 2.24) is 14.6 Å². The van der Waals surface area contributed by atoms with Crippen LogP contribution in [0.3, 0.4) is 0 Å². The average Bonchev–Trinajstić information content (AvgIpc) is 3.15. The van der Waals surface area contributed by atoms with E-state index in [9.17, 15) is 22.5 Å². The fourth-order valence-corrected chi connectivity index (χ4v) is 4.09. The van der Waals surface area contributed by atoms with Gasteiger partial charge in [0.25, 0.3) is 10.0 Å². The number of methoxy groups -OCH3 is 1. The predicted octanol–water partition coefficient (Wildman–Crippen LogP) is 2.97. The second-order valence-electron chi connectivity index (χ2n) is 6.38. The summed E-state index contributed by atoms with van der Waals surface area (Å²) < 4.78 is 61.4. The molecular weight excluding hydrogens is 451 g/mol. The summed E-state index contributed by atoms with van der Waals surface area (Å²) >= 11 is 0. The van der Waals surface area contributed by atoms with Crippen molar-refractivity contribution in [1.29, 1.82) is 5.26 Å². The summed E-state index contributed by atoms with van der Waals surface area (Å²) in [5.74, 6) is -2.17. The van der Waals surface area contributed by atoms with Gasteiger partial charge in [0.05, 0.1) is 24.4 Å². The molecule has 1 radical (unpaired) electrons. The average molecular weight is 464 g/mol. The van der Waals surface area contributed by atoms with Gasteiger partial charge in [0.2, 0.25) is 5.88 Å². The number of nitrogens with zero attached hydrogens (tertiary/aromatic N) is 4. The van der Waals surface area contributed by atoms with E-state index >= 15 is 0 Å². The number of aromatic nitrogens is 3. The number of rotatable bonds is 5. The molecule has 32 heavy (non-hydrogen) atoms. The molecule has 0 atom stereocenters. The smallest absolute Gasteiger partial charge is 0.264 e. The standard InChI is InChI=1S/C20H13F2N5O3S.Na/c1-30-20-17(26-31(28,29)19-3-2-15(21)8-16(19)22)6-13(10-24-20)12-4-5-27-18(7-12)14(9-23)11-25-27;/h2-8,10-11,26H,1H3;. The van der Waals surface area contributed by atoms with Crippen molar-refractivity contribution >= 4 is 50.8 Å². The molecule has 1 N–H and O–H groups in total. The zero-order chi connectivity index (χ0) is 22.2. The fourth-order valence-electron chi connectivity index (χ4n) is 2.99. The Balaban J connectivity index is 0.00000289. The van der Waals surface area contributed by atoms with Crippen molar-refractivity contribution in [3.8, 4) is 23.1 Å². The van der Waals surface area contributed by atoms with Crippen LogP contribution in [0.25, 0.3) is 16.6 Å². The van der Waals surface area contributed by atoms with Crippen LogP contribution in [0.4, 0.5) is 14.5 Å². The van der Waals surface area contributed by atoms with E-state index in [1.807, 2.05) is 6.07 Å². The zero-order valence-electron chi connectivity index (χ0n) is 16.9. The Labute approximate surface area is 203 Å². The molecule has 4 rings (SSSR count). The largest absolute Gasteiger partial charge is 0.480 e. The van der Waals surface area contributed by atoms with E-state index < -0.39 is 26.6 Å². The number of nitriles is 1. The molecule has 0 aliphatic heterocycles. The van der Waals surface area contributed by atoms with Crippen LogP contribution >= 0.6 is 0 Å². The third-order valence-corrected chi connectivity index (χ3v) is 5.85. The minimum Gasteiger partial charge on any atom is -0.480 e. The number of sulfonamides is 1. The summed E-state index contributed by atoms with van der Waals surface area (Å²) in [7, 11) is -3.10. The van der Waals surface area contributed by atoms with E-state index in [0.29, 0.717) is 28.3 Å². The van der Waals surface area contributed by atoms with Crippen LogP contribution in [-0.4, -0.2) is 59.7 Å². The Morgan fingerprint density at radius 1 is 1.12 bits per heavy atom. The molecule has 0 spiro atoms. The van der Waals surface area contributed by atoms with Gasteiger partial charge >= 0.3 is 0 Å². The monoisotopic (exact) mass is 464 g/mol. The van der Waals surface area contributed by atoms with Crippen LogP contribution in [0.15, 0.2) is 59.9 Å². The van der Waals surface area contributed by atoms with Gasteiger partial charge in [0.15, 0.2) is 0 Å². The van der Waals surface area contributed by atoms with Crippen molar-refractivity contribution in [2.45, 2.75) is 4.90 Å². The molecule has 3 aromatic heterocycles. The SMILES string of the molecule is COc1ncc(-c2ccn3ncc(C#N)c3c2)cc1NS(=O)(=O)c1ccc(F)cc1F.[Na]. The van der Waals surface area contributed by atoms with E-state index in [4.69, 9.17) is 4.74 Å². The van der Waals surface area contributed by atoms with Gasteiger partial charge in [-0.3, -0.25) is 4.72 Å². The van der Waals surface area contributed by atoms with Crippen molar-refractivity contribution in [3.05, 3.63) is 72.2 Å². The molecule has 12 heteroatoms. The van der Waals surface area contributed by atoms with E-state index in [-0.39, 0.29) is 41.1 Å². The summed E-state index contributed by atoms with van der Waals surface area (Å²) in [5, 5.41) is 13.3. The third kappa shape index (κ3) is 4.44. The van der Waals surface area contributed by atoms with E-state index in [1.54, 1.807) is 18.3 Å². The maximum absolute atomic E-state index is 14.0. The van der Waals surface area contributed by atoms with E-state index in [0.717, 1.165) is 12.1 Å². The van der Waals surface area contributed by atoms with Crippen LogP contribution in [0, 0.1) is 23.0 Å². The zero-order valence-corrected chi connectivity index (χ0v) is 19.7. The van der Waals surface area contributed by atoms with Gasteiger partial charge in [0.1, 0.15) is 28.3 Å². The van der Waals surface area contributed by atoms with Crippen LogP contribution in [-0.2, 0) is 10.0 Å². The normalized spacial score (nSPS) is 10.9. The number of hydrogen-bond donors (Lipinski definition) is 1. The first-order valence-corrected chi connectivity index (χ1v) is 10.2. The van der Waals surface area contributed by atoms with Crippen LogP contribution in [0.5, 0.6) is 5.88 Å². The molecule has 3 heterocycles. The number of benzene rings is 1. The number of hydrogen-bond acceptors (Lipinski definition) is 6. The summed E-state index contributed by atoms with van der Waals surface area (Å²) in [6.45, 7) is 0. The molecule has 0 saturated heterocycles. The van der Waals surface area contributed by atoms with Crippen LogP contribution < -0.4 is 9.46 Å².